The molecule has 0 bridgehead atoms. The molecule has 28 heavy (non-hydrogen) atoms. The molecular formula is C19H25N3O4S2. The summed E-state index contributed by atoms with van der Waals surface area (Å²) < 4.78 is 25.6. The summed E-state index contributed by atoms with van der Waals surface area (Å²) in [4.78, 5) is 21.1. The van der Waals surface area contributed by atoms with E-state index in [1.165, 1.54) is 44.0 Å². The number of carbonyl (C=O) groups excluding carboxylic acids is 1. The molecule has 3 rings (SSSR count). The standard InChI is InChI=1S/C19H25N3O4S2/c1-21(26-2)28(24,25)16-8-5-7-15(13-16)19(23)20-14-17(18-9-6-12-27-18)22-10-3-4-11-22/h5-9,12-13,17H,3-4,10-11,14H2,1-2H3,(H,20,23). The summed E-state index contributed by atoms with van der Waals surface area (Å²) in [5.41, 5.74) is 0.303. The van der Waals surface area contributed by atoms with E-state index < -0.39 is 10.0 Å². The van der Waals surface area contributed by atoms with Gasteiger partial charge in [-0.2, -0.15) is 0 Å². The van der Waals surface area contributed by atoms with Crippen molar-refractivity contribution in [3.8, 4) is 0 Å². The lowest BCUT2D eigenvalue weighted by molar-refractivity contribution is -0.0258. The molecule has 1 N–H and O–H groups in total. The number of hydrogen-bond donors (Lipinski definition) is 1. The Kier molecular flexibility index (Phi) is 6.84. The van der Waals surface area contributed by atoms with Gasteiger partial charge in [0.25, 0.3) is 15.9 Å². The Morgan fingerprint density at radius 3 is 2.68 bits per heavy atom. The number of hydroxylamine groups is 1. The average molecular weight is 424 g/mol. The number of benzene rings is 1. The van der Waals surface area contributed by atoms with Gasteiger partial charge in [-0.25, -0.2) is 8.42 Å². The van der Waals surface area contributed by atoms with Gasteiger partial charge in [-0.3, -0.25) is 14.5 Å². The van der Waals surface area contributed by atoms with Gasteiger partial charge in [0.15, 0.2) is 0 Å². The van der Waals surface area contributed by atoms with Crippen molar-refractivity contribution < 1.29 is 18.0 Å². The summed E-state index contributed by atoms with van der Waals surface area (Å²) in [5, 5.41) is 5.02. The third-order valence-corrected chi connectivity index (χ3v) is 7.55. The second-order valence-electron chi connectivity index (χ2n) is 6.61. The molecule has 1 aromatic heterocycles. The number of nitrogens with zero attached hydrogens (tertiary/aromatic N) is 2. The van der Waals surface area contributed by atoms with Gasteiger partial charge >= 0.3 is 0 Å². The summed E-state index contributed by atoms with van der Waals surface area (Å²) >= 11 is 1.69. The zero-order valence-electron chi connectivity index (χ0n) is 16.0. The highest BCUT2D eigenvalue weighted by atomic mass is 32.2. The van der Waals surface area contributed by atoms with Crippen LogP contribution in [0.3, 0.4) is 0 Å². The fraction of sp³-hybridized carbons (Fsp3) is 0.421. The SMILES string of the molecule is CON(C)S(=O)(=O)c1cccc(C(=O)NCC(c2cccs2)N2CCCC2)c1. The van der Waals surface area contributed by atoms with E-state index in [2.05, 4.69) is 16.3 Å². The highest BCUT2D eigenvalue weighted by molar-refractivity contribution is 7.89. The molecule has 152 valence electrons. The molecule has 1 atom stereocenters. The van der Waals surface area contributed by atoms with Crippen LogP contribution >= 0.6 is 11.3 Å². The number of rotatable bonds is 8. The first kappa shape index (κ1) is 20.9. The van der Waals surface area contributed by atoms with Crippen LogP contribution in [0.1, 0.15) is 34.1 Å². The average Bonchev–Trinajstić information content (AvgIpc) is 3.42. The Morgan fingerprint density at radius 2 is 2.04 bits per heavy atom. The van der Waals surface area contributed by atoms with Crippen LogP contribution in [0.2, 0.25) is 0 Å². The third-order valence-electron chi connectivity index (χ3n) is 4.90. The minimum Gasteiger partial charge on any atom is -0.350 e. The van der Waals surface area contributed by atoms with E-state index in [1.54, 1.807) is 23.5 Å². The van der Waals surface area contributed by atoms with Crippen molar-refractivity contribution in [3.05, 3.63) is 52.2 Å². The summed E-state index contributed by atoms with van der Waals surface area (Å²) in [6.45, 7) is 2.53. The van der Waals surface area contributed by atoms with Crippen molar-refractivity contribution >= 4 is 27.3 Å². The number of likely N-dealkylation sites (tertiary alicyclic amines) is 1. The van der Waals surface area contributed by atoms with E-state index in [-0.39, 0.29) is 16.8 Å². The van der Waals surface area contributed by atoms with E-state index >= 15 is 0 Å². The Morgan fingerprint density at radius 1 is 1.29 bits per heavy atom. The van der Waals surface area contributed by atoms with Gasteiger partial charge in [0.1, 0.15) is 0 Å². The van der Waals surface area contributed by atoms with Gasteiger partial charge < -0.3 is 5.32 Å². The fourth-order valence-corrected chi connectivity index (χ4v) is 5.16. The predicted octanol–water partition coefficient (Wildman–Crippen LogP) is 2.50. The maximum absolute atomic E-state index is 12.7. The number of hydrogen-bond acceptors (Lipinski definition) is 6. The van der Waals surface area contributed by atoms with Gasteiger partial charge in [-0.05, 0) is 55.6 Å². The van der Waals surface area contributed by atoms with E-state index in [0.717, 1.165) is 17.6 Å². The Labute approximate surface area is 169 Å². The summed E-state index contributed by atoms with van der Waals surface area (Å²) in [6.07, 6.45) is 2.34. The van der Waals surface area contributed by atoms with Crippen LogP contribution in [0.4, 0.5) is 0 Å². The van der Waals surface area contributed by atoms with E-state index in [9.17, 15) is 13.2 Å². The number of amides is 1. The molecular weight excluding hydrogens is 398 g/mol. The van der Waals surface area contributed by atoms with Gasteiger partial charge in [0.05, 0.1) is 18.0 Å². The summed E-state index contributed by atoms with van der Waals surface area (Å²) in [7, 11) is -1.22. The van der Waals surface area contributed by atoms with Crippen molar-refractivity contribution in [3.63, 3.8) is 0 Å². The van der Waals surface area contributed by atoms with E-state index in [0.29, 0.717) is 12.1 Å². The molecule has 7 nitrogen and oxygen atoms in total. The van der Waals surface area contributed by atoms with Crippen LogP contribution in [0.5, 0.6) is 0 Å². The Hall–Kier alpha value is -1.78. The Bertz CT molecular complexity index is 894. The maximum atomic E-state index is 12.7. The normalized spacial score (nSPS) is 16.4. The van der Waals surface area contributed by atoms with Gasteiger partial charge in [-0.15, -0.1) is 11.3 Å². The lowest BCUT2D eigenvalue weighted by Crippen LogP contribution is -2.36. The van der Waals surface area contributed by atoms with E-state index in [4.69, 9.17) is 4.84 Å². The van der Waals surface area contributed by atoms with Gasteiger partial charge in [0, 0.05) is 24.0 Å². The summed E-state index contributed by atoms with van der Waals surface area (Å²) in [5.74, 6) is -0.294. The zero-order chi connectivity index (χ0) is 20.1. The topological polar surface area (TPSA) is 78.9 Å². The molecule has 0 spiro atoms. The van der Waals surface area contributed by atoms with Crippen molar-refractivity contribution in [1.82, 2.24) is 14.7 Å². The molecule has 1 aliphatic rings. The molecule has 0 aliphatic carbocycles. The van der Waals surface area contributed by atoms with Crippen LogP contribution in [0.15, 0.2) is 46.7 Å². The van der Waals surface area contributed by atoms with Crippen LogP contribution in [-0.2, 0) is 14.9 Å². The number of thiophene rings is 1. The molecule has 1 aromatic carbocycles. The fourth-order valence-electron chi connectivity index (χ4n) is 3.28. The molecule has 9 heteroatoms. The first-order valence-electron chi connectivity index (χ1n) is 9.12. The first-order valence-corrected chi connectivity index (χ1v) is 11.4. The van der Waals surface area contributed by atoms with Crippen LogP contribution in [0.25, 0.3) is 0 Å². The van der Waals surface area contributed by atoms with E-state index in [1.807, 2.05) is 11.4 Å². The van der Waals surface area contributed by atoms with Crippen molar-refractivity contribution in [2.75, 3.05) is 33.8 Å². The minimum atomic E-state index is -3.80. The number of carbonyl (C=O) groups is 1. The lowest BCUT2D eigenvalue weighted by Gasteiger charge is -2.27. The largest absolute Gasteiger partial charge is 0.350 e. The zero-order valence-corrected chi connectivity index (χ0v) is 17.6. The molecule has 1 fully saturated rings. The highest BCUT2D eigenvalue weighted by Crippen LogP contribution is 2.28. The van der Waals surface area contributed by atoms with Crippen molar-refractivity contribution in [2.45, 2.75) is 23.8 Å². The second-order valence-corrected chi connectivity index (χ2v) is 9.52. The quantitative estimate of drug-likeness (QED) is 0.660. The van der Waals surface area contributed by atoms with Crippen molar-refractivity contribution in [2.24, 2.45) is 0 Å². The smallest absolute Gasteiger partial charge is 0.264 e. The highest BCUT2D eigenvalue weighted by Gasteiger charge is 2.25. The lowest BCUT2D eigenvalue weighted by atomic mass is 10.2. The van der Waals surface area contributed by atoms with Crippen LogP contribution in [-0.4, -0.2) is 57.5 Å². The van der Waals surface area contributed by atoms with Crippen molar-refractivity contribution in [1.29, 1.82) is 0 Å². The van der Waals surface area contributed by atoms with Gasteiger partial charge in [0.2, 0.25) is 0 Å². The summed E-state index contributed by atoms with van der Waals surface area (Å²) in [6, 6.07) is 10.2. The number of sulfonamides is 1. The molecule has 1 saturated heterocycles. The third kappa shape index (κ3) is 4.61. The minimum absolute atomic E-state index is 0.0128. The molecule has 0 saturated carbocycles. The second kappa shape index (κ2) is 9.15. The predicted molar refractivity (Wildman–Crippen MR) is 109 cm³/mol. The van der Waals surface area contributed by atoms with Gasteiger partial charge in [-0.1, -0.05) is 16.6 Å². The molecule has 2 aromatic rings. The Balaban J connectivity index is 1.73. The first-order chi connectivity index (χ1) is 13.4. The molecule has 0 radical (unpaired) electrons. The monoisotopic (exact) mass is 423 g/mol. The molecule has 2 heterocycles. The molecule has 1 unspecified atom stereocenters. The molecule has 1 aliphatic heterocycles. The maximum Gasteiger partial charge on any atom is 0.264 e. The molecule has 1 amide bonds. The number of nitrogens with one attached hydrogen (secondary N) is 1. The van der Waals surface area contributed by atoms with Crippen LogP contribution < -0.4 is 5.32 Å². The van der Waals surface area contributed by atoms with Crippen LogP contribution in [0, 0.1) is 0 Å².